The van der Waals surface area contributed by atoms with Gasteiger partial charge in [-0.2, -0.15) is 0 Å². The summed E-state index contributed by atoms with van der Waals surface area (Å²) in [7, 11) is 3.58. The first-order chi connectivity index (χ1) is 15.5. The molecule has 1 aliphatic heterocycles. The standard InChI is InChI=1S/C25H33N3O4/c1-19(20-9-11-21(12-10-20)23(29)26-2)27-24(30)25(13-16-31-17-14-25)28(3)15-18-32-22-7-5-4-6-8-22/h4-12,19H,13-18H2,1-3H3,(H,26,29)(H,27,30). The van der Waals surface area contributed by atoms with Gasteiger partial charge < -0.3 is 20.1 Å². The zero-order chi connectivity index (χ0) is 23.0. The van der Waals surface area contributed by atoms with Crippen molar-refractivity contribution < 1.29 is 19.1 Å². The van der Waals surface area contributed by atoms with Gasteiger partial charge in [-0.25, -0.2) is 0 Å². The maximum Gasteiger partial charge on any atom is 0.251 e. The third-order valence-electron chi connectivity index (χ3n) is 6.16. The average molecular weight is 440 g/mol. The molecule has 7 nitrogen and oxygen atoms in total. The van der Waals surface area contributed by atoms with E-state index < -0.39 is 5.54 Å². The van der Waals surface area contributed by atoms with Crippen molar-refractivity contribution in [2.75, 3.05) is 40.5 Å². The maximum atomic E-state index is 13.5. The summed E-state index contributed by atoms with van der Waals surface area (Å²) in [5, 5.41) is 5.79. The van der Waals surface area contributed by atoms with Crippen LogP contribution in [0.3, 0.4) is 0 Å². The van der Waals surface area contributed by atoms with E-state index in [-0.39, 0.29) is 17.9 Å². The minimum Gasteiger partial charge on any atom is -0.492 e. The van der Waals surface area contributed by atoms with Crippen LogP contribution >= 0.6 is 0 Å². The molecule has 1 saturated heterocycles. The number of rotatable bonds is 9. The minimum absolute atomic E-state index is 0.00844. The number of para-hydroxylation sites is 1. The van der Waals surface area contributed by atoms with E-state index in [0.717, 1.165) is 11.3 Å². The first-order valence-electron chi connectivity index (χ1n) is 11.1. The SMILES string of the molecule is CNC(=O)c1ccc(C(C)NC(=O)C2(N(C)CCOc3ccccc3)CCOCC2)cc1. The highest BCUT2D eigenvalue weighted by Crippen LogP contribution is 2.28. The molecule has 0 bridgehead atoms. The van der Waals surface area contributed by atoms with Crippen molar-refractivity contribution >= 4 is 11.8 Å². The number of nitrogens with zero attached hydrogens (tertiary/aromatic N) is 1. The molecule has 0 radical (unpaired) electrons. The van der Waals surface area contributed by atoms with Crippen molar-refractivity contribution in [3.63, 3.8) is 0 Å². The summed E-state index contributed by atoms with van der Waals surface area (Å²) in [6, 6.07) is 16.8. The highest BCUT2D eigenvalue weighted by molar-refractivity contribution is 5.94. The molecule has 7 heteroatoms. The Balaban J connectivity index is 1.64. The fraction of sp³-hybridized carbons (Fsp3) is 0.440. The van der Waals surface area contributed by atoms with Crippen molar-refractivity contribution in [1.29, 1.82) is 0 Å². The van der Waals surface area contributed by atoms with Crippen molar-refractivity contribution in [2.24, 2.45) is 0 Å². The third kappa shape index (κ3) is 5.66. The van der Waals surface area contributed by atoms with Gasteiger partial charge in [-0.15, -0.1) is 0 Å². The van der Waals surface area contributed by atoms with E-state index in [9.17, 15) is 9.59 Å². The van der Waals surface area contributed by atoms with E-state index in [1.54, 1.807) is 19.2 Å². The number of hydrogen-bond acceptors (Lipinski definition) is 5. The monoisotopic (exact) mass is 439 g/mol. The molecule has 1 fully saturated rings. The molecule has 1 heterocycles. The predicted octanol–water partition coefficient (Wildman–Crippen LogP) is 2.78. The van der Waals surface area contributed by atoms with Gasteiger partial charge in [0.15, 0.2) is 0 Å². The fourth-order valence-electron chi connectivity index (χ4n) is 4.00. The van der Waals surface area contributed by atoms with Gasteiger partial charge in [-0.3, -0.25) is 14.5 Å². The molecule has 1 atom stereocenters. The lowest BCUT2D eigenvalue weighted by Gasteiger charge is -2.43. The quantitative estimate of drug-likeness (QED) is 0.628. The van der Waals surface area contributed by atoms with Gasteiger partial charge >= 0.3 is 0 Å². The van der Waals surface area contributed by atoms with E-state index in [0.29, 0.717) is 44.8 Å². The molecular weight excluding hydrogens is 406 g/mol. The predicted molar refractivity (Wildman–Crippen MR) is 124 cm³/mol. The lowest BCUT2D eigenvalue weighted by molar-refractivity contribution is -0.140. The molecule has 1 aliphatic rings. The number of likely N-dealkylation sites (N-methyl/N-ethyl adjacent to an activating group) is 1. The number of nitrogens with one attached hydrogen (secondary N) is 2. The Morgan fingerprint density at radius 1 is 1.09 bits per heavy atom. The molecule has 3 rings (SSSR count). The second-order valence-corrected chi connectivity index (χ2v) is 8.12. The summed E-state index contributed by atoms with van der Waals surface area (Å²) in [4.78, 5) is 27.3. The van der Waals surface area contributed by atoms with Gasteiger partial charge in [-0.1, -0.05) is 30.3 Å². The summed E-state index contributed by atoms with van der Waals surface area (Å²) < 4.78 is 11.4. The first-order valence-corrected chi connectivity index (χ1v) is 11.1. The Labute approximate surface area is 190 Å². The summed E-state index contributed by atoms with van der Waals surface area (Å²) in [5.74, 6) is 0.680. The van der Waals surface area contributed by atoms with Crippen LogP contribution in [0.25, 0.3) is 0 Å². The number of ether oxygens (including phenoxy) is 2. The van der Waals surface area contributed by atoms with E-state index in [2.05, 4.69) is 15.5 Å². The molecule has 2 N–H and O–H groups in total. The number of hydrogen-bond donors (Lipinski definition) is 2. The average Bonchev–Trinajstić information content (AvgIpc) is 2.84. The largest absolute Gasteiger partial charge is 0.492 e. The first kappa shape index (κ1) is 23.8. The van der Waals surface area contributed by atoms with E-state index in [4.69, 9.17) is 9.47 Å². The number of amides is 2. The molecule has 172 valence electrons. The molecule has 0 saturated carbocycles. The lowest BCUT2D eigenvalue weighted by Crippen LogP contribution is -2.61. The fourth-order valence-corrected chi connectivity index (χ4v) is 4.00. The number of benzene rings is 2. The molecular formula is C25H33N3O4. The van der Waals surface area contributed by atoms with E-state index >= 15 is 0 Å². The highest BCUT2D eigenvalue weighted by Gasteiger charge is 2.44. The lowest BCUT2D eigenvalue weighted by atomic mass is 9.86. The zero-order valence-electron chi connectivity index (χ0n) is 19.1. The highest BCUT2D eigenvalue weighted by atomic mass is 16.5. The van der Waals surface area contributed by atoms with Crippen LogP contribution in [0.2, 0.25) is 0 Å². The zero-order valence-corrected chi connectivity index (χ0v) is 19.1. The number of carbonyl (C=O) groups excluding carboxylic acids is 2. The van der Waals surface area contributed by atoms with Gasteiger partial charge in [0.2, 0.25) is 5.91 Å². The third-order valence-corrected chi connectivity index (χ3v) is 6.16. The van der Waals surface area contributed by atoms with Crippen molar-refractivity contribution in [1.82, 2.24) is 15.5 Å². The van der Waals surface area contributed by atoms with Crippen LogP contribution in [-0.2, 0) is 9.53 Å². The molecule has 2 aromatic rings. The Morgan fingerprint density at radius 3 is 2.38 bits per heavy atom. The van der Waals surface area contributed by atoms with E-state index in [1.807, 2.05) is 56.4 Å². The molecule has 0 spiro atoms. The van der Waals surface area contributed by atoms with Crippen LogP contribution in [0, 0.1) is 0 Å². The molecule has 0 aromatic heterocycles. The summed E-state index contributed by atoms with van der Waals surface area (Å²) in [6.45, 7) is 4.17. The summed E-state index contributed by atoms with van der Waals surface area (Å²) in [5.41, 5.74) is 0.895. The van der Waals surface area contributed by atoms with Gasteiger partial charge in [-0.05, 0) is 56.6 Å². The second kappa shape index (κ2) is 11.1. The second-order valence-electron chi connectivity index (χ2n) is 8.12. The number of carbonyl (C=O) groups is 2. The Hall–Kier alpha value is -2.90. The molecule has 2 aromatic carbocycles. The molecule has 32 heavy (non-hydrogen) atoms. The normalized spacial score (nSPS) is 16.2. The Morgan fingerprint density at radius 2 is 1.75 bits per heavy atom. The smallest absolute Gasteiger partial charge is 0.251 e. The van der Waals surface area contributed by atoms with Gasteiger partial charge in [0.25, 0.3) is 5.91 Å². The van der Waals surface area contributed by atoms with Gasteiger partial charge in [0.05, 0.1) is 6.04 Å². The molecule has 2 amide bonds. The topological polar surface area (TPSA) is 79.9 Å². The summed E-state index contributed by atoms with van der Waals surface area (Å²) in [6.07, 6.45) is 1.26. The Bertz CT molecular complexity index is 880. The van der Waals surface area contributed by atoms with E-state index in [1.165, 1.54) is 0 Å². The van der Waals surface area contributed by atoms with Crippen LogP contribution in [0.1, 0.15) is 41.7 Å². The van der Waals surface area contributed by atoms with Crippen LogP contribution in [-0.4, -0.2) is 62.7 Å². The van der Waals surface area contributed by atoms with Crippen LogP contribution in [0.5, 0.6) is 5.75 Å². The van der Waals surface area contributed by atoms with Crippen LogP contribution in [0.15, 0.2) is 54.6 Å². The Kier molecular flexibility index (Phi) is 8.25. The van der Waals surface area contributed by atoms with Crippen molar-refractivity contribution in [3.8, 4) is 5.75 Å². The van der Waals surface area contributed by atoms with Crippen molar-refractivity contribution in [2.45, 2.75) is 31.3 Å². The summed E-state index contributed by atoms with van der Waals surface area (Å²) >= 11 is 0. The van der Waals surface area contributed by atoms with Crippen molar-refractivity contribution in [3.05, 3.63) is 65.7 Å². The minimum atomic E-state index is -0.644. The van der Waals surface area contributed by atoms with Crippen LogP contribution < -0.4 is 15.4 Å². The van der Waals surface area contributed by atoms with Crippen LogP contribution in [0.4, 0.5) is 0 Å². The van der Waals surface area contributed by atoms with Gasteiger partial charge in [0, 0.05) is 32.4 Å². The maximum absolute atomic E-state index is 13.5. The molecule has 1 unspecified atom stereocenters. The van der Waals surface area contributed by atoms with Gasteiger partial charge in [0.1, 0.15) is 17.9 Å². The molecule has 0 aliphatic carbocycles.